The lowest BCUT2D eigenvalue weighted by molar-refractivity contribution is 0.412. The zero-order chi connectivity index (χ0) is 14.5. The van der Waals surface area contributed by atoms with Crippen LogP contribution in [0.15, 0.2) is 46.9 Å². The van der Waals surface area contributed by atoms with E-state index in [2.05, 4.69) is 80.2 Å². The fourth-order valence-electron chi connectivity index (χ4n) is 2.20. The fraction of sp³-hybridized carbons (Fsp3) is 0.250. The van der Waals surface area contributed by atoms with Gasteiger partial charge >= 0.3 is 0 Å². The number of hydrogen-bond acceptors (Lipinski definition) is 2. The van der Waals surface area contributed by atoms with Gasteiger partial charge in [0.1, 0.15) is 5.75 Å². The van der Waals surface area contributed by atoms with Gasteiger partial charge in [-0.15, -0.1) is 0 Å². The van der Waals surface area contributed by atoms with Crippen molar-refractivity contribution in [2.75, 3.05) is 14.2 Å². The van der Waals surface area contributed by atoms with Gasteiger partial charge in [0, 0.05) is 9.61 Å². The molecule has 4 heteroatoms. The van der Waals surface area contributed by atoms with Crippen LogP contribution in [0, 0.1) is 3.57 Å². The maximum absolute atomic E-state index is 5.27. The average Bonchev–Trinajstić information content (AvgIpc) is 2.46. The lowest BCUT2D eigenvalue weighted by Crippen LogP contribution is -2.19. The molecule has 1 atom stereocenters. The first kappa shape index (κ1) is 15.8. The van der Waals surface area contributed by atoms with E-state index in [9.17, 15) is 0 Å². The minimum atomic E-state index is 0.309. The number of methoxy groups -OCH3 is 1. The van der Waals surface area contributed by atoms with Crippen molar-refractivity contribution in [3.05, 3.63) is 61.6 Å². The summed E-state index contributed by atoms with van der Waals surface area (Å²) in [6, 6.07) is 15.0. The molecular weight excluding hydrogens is 429 g/mol. The zero-order valence-corrected chi connectivity index (χ0v) is 15.2. The third kappa shape index (κ3) is 3.74. The SMILES string of the molecule is CNC(Cc1ccc(OC)c(Br)c1)c1ccccc1I. The number of likely N-dealkylation sites (N-methyl/N-ethyl adjacent to an activating group) is 1. The van der Waals surface area contributed by atoms with Crippen molar-refractivity contribution in [1.29, 1.82) is 0 Å². The standard InChI is InChI=1S/C16H17BrINO/c1-19-15(12-5-3-4-6-14(12)18)10-11-7-8-16(20-2)13(17)9-11/h3-9,15,19H,10H2,1-2H3. The van der Waals surface area contributed by atoms with E-state index in [1.165, 1.54) is 14.7 Å². The van der Waals surface area contributed by atoms with E-state index in [1.54, 1.807) is 7.11 Å². The van der Waals surface area contributed by atoms with E-state index in [0.29, 0.717) is 6.04 Å². The Morgan fingerprint density at radius 1 is 1.25 bits per heavy atom. The maximum atomic E-state index is 5.27. The number of ether oxygens (including phenoxy) is 1. The first-order chi connectivity index (χ1) is 9.65. The van der Waals surface area contributed by atoms with E-state index in [1.807, 2.05) is 13.1 Å². The molecule has 0 aromatic heterocycles. The normalized spacial score (nSPS) is 12.2. The van der Waals surface area contributed by atoms with Crippen molar-refractivity contribution in [3.63, 3.8) is 0 Å². The molecule has 2 aromatic rings. The van der Waals surface area contributed by atoms with Crippen LogP contribution in [0.25, 0.3) is 0 Å². The third-order valence-electron chi connectivity index (χ3n) is 3.29. The summed E-state index contributed by atoms with van der Waals surface area (Å²) in [7, 11) is 3.69. The summed E-state index contributed by atoms with van der Waals surface area (Å²) >= 11 is 5.93. The highest BCUT2D eigenvalue weighted by Gasteiger charge is 2.13. The molecule has 2 rings (SSSR count). The molecule has 0 bridgehead atoms. The quantitative estimate of drug-likeness (QED) is 0.681. The smallest absolute Gasteiger partial charge is 0.133 e. The van der Waals surface area contributed by atoms with Gasteiger partial charge in [-0.3, -0.25) is 0 Å². The van der Waals surface area contributed by atoms with Gasteiger partial charge in [0.2, 0.25) is 0 Å². The van der Waals surface area contributed by atoms with Crippen molar-refractivity contribution < 1.29 is 4.74 Å². The van der Waals surface area contributed by atoms with E-state index < -0.39 is 0 Å². The molecule has 0 fully saturated rings. The molecule has 0 saturated carbocycles. The first-order valence-corrected chi connectivity index (χ1v) is 8.27. The molecule has 1 unspecified atom stereocenters. The second kappa shape index (κ2) is 7.43. The minimum Gasteiger partial charge on any atom is -0.496 e. The summed E-state index contributed by atoms with van der Waals surface area (Å²) in [5.74, 6) is 0.865. The molecule has 0 spiro atoms. The van der Waals surface area contributed by atoms with Crippen LogP contribution in [0.3, 0.4) is 0 Å². The molecule has 0 aliphatic carbocycles. The van der Waals surface area contributed by atoms with Gasteiger partial charge in [-0.05, 0) is 81.3 Å². The van der Waals surface area contributed by atoms with Gasteiger partial charge < -0.3 is 10.1 Å². The van der Waals surface area contributed by atoms with Crippen molar-refractivity contribution in [2.24, 2.45) is 0 Å². The number of nitrogens with one attached hydrogen (secondary N) is 1. The fourth-order valence-corrected chi connectivity index (χ4v) is 3.55. The monoisotopic (exact) mass is 445 g/mol. The lowest BCUT2D eigenvalue weighted by Gasteiger charge is -2.18. The molecule has 0 amide bonds. The molecule has 2 nitrogen and oxygen atoms in total. The molecule has 0 heterocycles. The summed E-state index contributed by atoms with van der Waals surface area (Å²) in [4.78, 5) is 0. The second-order valence-electron chi connectivity index (χ2n) is 4.54. The van der Waals surface area contributed by atoms with Crippen molar-refractivity contribution in [2.45, 2.75) is 12.5 Å². The molecule has 0 aliphatic heterocycles. The summed E-state index contributed by atoms with van der Waals surface area (Å²) in [6.45, 7) is 0. The number of halogens is 2. The van der Waals surface area contributed by atoms with Crippen LogP contribution in [-0.4, -0.2) is 14.2 Å². The largest absolute Gasteiger partial charge is 0.496 e. The minimum absolute atomic E-state index is 0.309. The molecule has 2 aromatic carbocycles. The topological polar surface area (TPSA) is 21.3 Å². The van der Waals surface area contributed by atoms with Gasteiger partial charge in [-0.25, -0.2) is 0 Å². The Morgan fingerprint density at radius 2 is 2.00 bits per heavy atom. The second-order valence-corrected chi connectivity index (χ2v) is 6.55. The molecule has 0 radical (unpaired) electrons. The zero-order valence-electron chi connectivity index (χ0n) is 11.5. The van der Waals surface area contributed by atoms with Gasteiger partial charge in [-0.1, -0.05) is 24.3 Å². The van der Waals surface area contributed by atoms with E-state index >= 15 is 0 Å². The predicted octanol–water partition coefficient (Wildman–Crippen LogP) is 4.57. The molecule has 0 saturated heterocycles. The molecule has 20 heavy (non-hydrogen) atoms. The van der Waals surface area contributed by atoms with Crippen LogP contribution in [0.4, 0.5) is 0 Å². The highest BCUT2D eigenvalue weighted by Crippen LogP contribution is 2.28. The predicted molar refractivity (Wildman–Crippen MR) is 95.4 cm³/mol. The summed E-state index contributed by atoms with van der Waals surface area (Å²) in [5.41, 5.74) is 2.61. The summed E-state index contributed by atoms with van der Waals surface area (Å²) in [6.07, 6.45) is 0.944. The molecule has 106 valence electrons. The van der Waals surface area contributed by atoms with E-state index in [0.717, 1.165) is 16.6 Å². The van der Waals surface area contributed by atoms with Crippen molar-refractivity contribution in [1.82, 2.24) is 5.32 Å². The van der Waals surface area contributed by atoms with Gasteiger partial charge in [0.25, 0.3) is 0 Å². The van der Waals surface area contributed by atoms with Crippen LogP contribution >= 0.6 is 38.5 Å². The van der Waals surface area contributed by atoms with E-state index in [-0.39, 0.29) is 0 Å². The van der Waals surface area contributed by atoms with Crippen LogP contribution in [0.1, 0.15) is 17.2 Å². The van der Waals surface area contributed by atoms with Gasteiger partial charge in [-0.2, -0.15) is 0 Å². The Kier molecular flexibility index (Phi) is 5.86. The van der Waals surface area contributed by atoms with Crippen molar-refractivity contribution >= 4 is 38.5 Å². The Labute approximate surface area is 142 Å². The summed E-state index contributed by atoms with van der Waals surface area (Å²) < 4.78 is 7.56. The molecule has 1 N–H and O–H groups in total. The van der Waals surface area contributed by atoms with Gasteiger partial charge in [0.05, 0.1) is 11.6 Å². The lowest BCUT2D eigenvalue weighted by atomic mass is 9.99. The number of benzene rings is 2. The molecular formula is C16H17BrINO. The Hall–Kier alpha value is -0.590. The number of hydrogen-bond donors (Lipinski definition) is 1. The van der Waals surface area contributed by atoms with Crippen molar-refractivity contribution in [3.8, 4) is 5.75 Å². The Bertz CT molecular complexity index is 588. The Balaban J connectivity index is 2.23. The molecule has 0 aliphatic rings. The summed E-state index contributed by atoms with van der Waals surface area (Å²) in [5, 5.41) is 3.40. The highest BCUT2D eigenvalue weighted by atomic mass is 127. The number of rotatable bonds is 5. The van der Waals surface area contributed by atoms with E-state index in [4.69, 9.17) is 4.74 Å². The van der Waals surface area contributed by atoms with Crippen LogP contribution < -0.4 is 10.1 Å². The van der Waals surface area contributed by atoms with Crippen LogP contribution in [-0.2, 0) is 6.42 Å². The Morgan fingerprint density at radius 3 is 2.60 bits per heavy atom. The highest BCUT2D eigenvalue weighted by molar-refractivity contribution is 14.1. The van der Waals surface area contributed by atoms with Crippen LogP contribution in [0.2, 0.25) is 0 Å². The first-order valence-electron chi connectivity index (χ1n) is 6.39. The van der Waals surface area contributed by atoms with Gasteiger partial charge in [0.15, 0.2) is 0 Å². The maximum Gasteiger partial charge on any atom is 0.133 e. The average molecular weight is 446 g/mol. The van der Waals surface area contributed by atoms with Crippen LogP contribution in [0.5, 0.6) is 5.75 Å². The third-order valence-corrected chi connectivity index (χ3v) is 4.89.